The molecule has 0 fully saturated rings. The summed E-state index contributed by atoms with van der Waals surface area (Å²) < 4.78 is 26.2. The molecule has 2 aromatic heterocycles. The number of amides is 1. The van der Waals surface area contributed by atoms with Crippen LogP contribution in [0.5, 0.6) is 11.5 Å². The zero-order valence-corrected chi connectivity index (χ0v) is 25.5. The fourth-order valence-electron chi connectivity index (χ4n) is 4.38. The second-order valence-electron chi connectivity index (χ2n) is 9.82. The molecule has 3 heterocycles. The zero-order valence-electron chi connectivity index (χ0n) is 23.1. The van der Waals surface area contributed by atoms with Crippen molar-refractivity contribution < 1.29 is 28.6 Å². The third kappa shape index (κ3) is 6.20. The number of Topliss-reactive ketones (excluding diaryl/α,β-unsaturated/α-hetero) is 1. The minimum absolute atomic E-state index is 0.0614. The van der Waals surface area contributed by atoms with E-state index >= 15 is 0 Å². The first-order chi connectivity index (χ1) is 20.3. The van der Waals surface area contributed by atoms with Gasteiger partial charge in [-0.05, 0) is 53.1 Å². The molecule has 0 radical (unpaired) electrons. The van der Waals surface area contributed by atoms with Crippen LogP contribution >= 0.6 is 34.4 Å². The molecule has 1 amide bonds. The van der Waals surface area contributed by atoms with Crippen molar-refractivity contribution in [3.63, 3.8) is 0 Å². The normalized spacial score (nSPS) is 15.1. The number of aliphatic hydroxyl groups excluding tert-OH is 1. The fraction of sp³-hybridized carbons (Fsp3) is 0.267. The van der Waals surface area contributed by atoms with Gasteiger partial charge < -0.3 is 14.6 Å². The van der Waals surface area contributed by atoms with Crippen LogP contribution in [0.2, 0.25) is 0 Å². The van der Waals surface area contributed by atoms with E-state index in [1.54, 1.807) is 53.9 Å². The Morgan fingerprint density at radius 1 is 1.14 bits per heavy atom. The molecular formula is C30H28FN3O5S3. The number of benzene rings is 2. The highest BCUT2D eigenvalue weighted by Crippen LogP contribution is 2.45. The van der Waals surface area contributed by atoms with Crippen LogP contribution in [0.1, 0.15) is 47.1 Å². The molecule has 1 atom stereocenters. The van der Waals surface area contributed by atoms with Gasteiger partial charge >= 0.3 is 0 Å². The van der Waals surface area contributed by atoms with Crippen LogP contribution in [0.3, 0.4) is 0 Å². The number of ether oxygens (including phenoxy) is 2. The van der Waals surface area contributed by atoms with Crippen molar-refractivity contribution in [3.8, 4) is 11.5 Å². The quantitative estimate of drug-likeness (QED) is 0.0998. The molecule has 8 nitrogen and oxygen atoms in total. The van der Waals surface area contributed by atoms with E-state index in [0.717, 1.165) is 17.8 Å². The monoisotopic (exact) mass is 625 g/mol. The van der Waals surface area contributed by atoms with Crippen LogP contribution in [-0.2, 0) is 10.5 Å². The summed E-state index contributed by atoms with van der Waals surface area (Å²) in [5.41, 5.74) is 0.977. The lowest BCUT2D eigenvalue weighted by Crippen LogP contribution is -2.31. The lowest BCUT2D eigenvalue weighted by Gasteiger charge is -2.24. The number of carbonyl (C=O) groups excluding carboxylic acids is 2. The summed E-state index contributed by atoms with van der Waals surface area (Å²) in [5, 5.41) is 21.4. The number of methoxy groups -OCH3 is 1. The van der Waals surface area contributed by atoms with Gasteiger partial charge in [-0.25, -0.2) is 4.39 Å². The van der Waals surface area contributed by atoms with Gasteiger partial charge in [-0.3, -0.25) is 14.5 Å². The molecule has 0 bridgehead atoms. The molecule has 1 aliphatic heterocycles. The number of aliphatic hydroxyl groups is 1. The van der Waals surface area contributed by atoms with Crippen LogP contribution in [0, 0.1) is 11.7 Å². The summed E-state index contributed by atoms with van der Waals surface area (Å²) in [5.74, 6) is -0.451. The van der Waals surface area contributed by atoms with E-state index in [1.807, 2.05) is 0 Å². The molecule has 1 N–H and O–H groups in total. The summed E-state index contributed by atoms with van der Waals surface area (Å²) in [6.07, 6.45) is 0.861. The van der Waals surface area contributed by atoms with Crippen LogP contribution in [0.4, 0.5) is 9.52 Å². The van der Waals surface area contributed by atoms with Crippen LogP contribution in [-0.4, -0.2) is 40.7 Å². The van der Waals surface area contributed by atoms with Gasteiger partial charge in [0.25, 0.3) is 5.91 Å². The predicted octanol–water partition coefficient (Wildman–Crippen LogP) is 7.25. The van der Waals surface area contributed by atoms with Crippen molar-refractivity contribution in [3.05, 3.63) is 93.1 Å². The smallest absolute Gasteiger partial charge is 0.296 e. The molecule has 2 aromatic carbocycles. The molecule has 0 saturated heterocycles. The van der Waals surface area contributed by atoms with Crippen LogP contribution in [0.15, 0.2) is 75.6 Å². The highest BCUT2D eigenvalue weighted by Gasteiger charge is 2.46. The van der Waals surface area contributed by atoms with Gasteiger partial charge in [0.1, 0.15) is 5.82 Å². The Morgan fingerprint density at radius 3 is 2.67 bits per heavy atom. The number of aromatic nitrogens is 2. The number of thioether (sulfide) groups is 1. The van der Waals surface area contributed by atoms with Gasteiger partial charge in [0, 0.05) is 5.75 Å². The van der Waals surface area contributed by atoms with Gasteiger partial charge in [0.15, 0.2) is 21.6 Å². The molecule has 0 saturated carbocycles. The first-order valence-electron chi connectivity index (χ1n) is 13.1. The number of halogens is 1. The van der Waals surface area contributed by atoms with E-state index in [0.29, 0.717) is 50.1 Å². The Labute approximate surface area is 254 Å². The van der Waals surface area contributed by atoms with E-state index in [2.05, 4.69) is 24.0 Å². The highest BCUT2D eigenvalue weighted by molar-refractivity contribution is 8.00. The number of thiophene rings is 1. The largest absolute Gasteiger partial charge is 0.503 e. The Hall–Kier alpha value is -3.74. The topological polar surface area (TPSA) is 102 Å². The number of nitrogens with zero attached hydrogens (tertiary/aromatic N) is 3. The van der Waals surface area contributed by atoms with E-state index < -0.39 is 23.5 Å². The number of hydrogen-bond donors (Lipinski definition) is 1. The van der Waals surface area contributed by atoms with Crippen molar-refractivity contribution >= 4 is 51.3 Å². The molecule has 42 heavy (non-hydrogen) atoms. The molecular weight excluding hydrogens is 598 g/mol. The Balaban J connectivity index is 1.50. The van der Waals surface area contributed by atoms with E-state index in [1.165, 1.54) is 41.2 Å². The van der Waals surface area contributed by atoms with Crippen molar-refractivity contribution in [2.75, 3.05) is 18.6 Å². The summed E-state index contributed by atoms with van der Waals surface area (Å²) in [6.45, 7) is 4.72. The van der Waals surface area contributed by atoms with Gasteiger partial charge in [0.2, 0.25) is 10.9 Å². The Bertz CT molecular complexity index is 1620. The summed E-state index contributed by atoms with van der Waals surface area (Å²) in [4.78, 5) is 28.8. The SMILES string of the molecule is COc1cc(C2C(C(=O)c3cccs3)=C(O)C(=O)N2c2nnc(SCc3ccccc3F)s2)ccc1OCCC(C)C. The molecule has 4 aromatic rings. The lowest BCUT2D eigenvalue weighted by atomic mass is 9.95. The number of rotatable bonds is 12. The maximum absolute atomic E-state index is 14.1. The van der Waals surface area contributed by atoms with Gasteiger partial charge in [-0.1, -0.05) is 67.3 Å². The Morgan fingerprint density at radius 2 is 1.95 bits per heavy atom. The number of ketones is 1. The van der Waals surface area contributed by atoms with E-state index in [-0.39, 0.29) is 16.5 Å². The van der Waals surface area contributed by atoms with Crippen molar-refractivity contribution in [1.82, 2.24) is 10.2 Å². The predicted molar refractivity (Wildman–Crippen MR) is 162 cm³/mol. The summed E-state index contributed by atoms with van der Waals surface area (Å²) in [7, 11) is 1.51. The van der Waals surface area contributed by atoms with Crippen LogP contribution in [0.25, 0.3) is 0 Å². The number of hydrogen-bond acceptors (Lipinski definition) is 10. The maximum atomic E-state index is 14.1. The highest BCUT2D eigenvalue weighted by atomic mass is 32.2. The third-order valence-electron chi connectivity index (χ3n) is 6.56. The van der Waals surface area contributed by atoms with Crippen molar-refractivity contribution in [2.24, 2.45) is 5.92 Å². The first-order valence-corrected chi connectivity index (χ1v) is 15.8. The molecule has 0 spiro atoms. The molecule has 218 valence electrons. The van der Waals surface area contributed by atoms with E-state index in [4.69, 9.17) is 9.47 Å². The average Bonchev–Trinajstić information content (AvgIpc) is 3.73. The van der Waals surface area contributed by atoms with E-state index in [9.17, 15) is 19.1 Å². The maximum Gasteiger partial charge on any atom is 0.296 e. The van der Waals surface area contributed by atoms with Gasteiger partial charge in [-0.2, -0.15) is 0 Å². The molecule has 1 aliphatic rings. The lowest BCUT2D eigenvalue weighted by molar-refractivity contribution is -0.117. The van der Waals surface area contributed by atoms with Gasteiger partial charge in [0.05, 0.1) is 30.2 Å². The first kappa shape index (κ1) is 29.7. The second-order valence-corrected chi connectivity index (χ2v) is 12.9. The zero-order chi connectivity index (χ0) is 29.8. The minimum atomic E-state index is -0.997. The summed E-state index contributed by atoms with van der Waals surface area (Å²) >= 11 is 3.61. The molecule has 12 heteroatoms. The van der Waals surface area contributed by atoms with Gasteiger partial charge in [-0.15, -0.1) is 21.5 Å². The minimum Gasteiger partial charge on any atom is -0.503 e. The molecule has 1 unspecified atom stereocenters. The fourth-order valence-corrected chi connectivity index (χ4v) is 6.91. The van der Waals surface area contributed by atoms with Crippen LogP contribution < -0.4 is 14.4 Å². The molecule has 0 aliphatic carbocycles. The van der Waals surface area contributed by atoms with Crippen molar-refractivity contribution in [1.29, 1.82) is 0 Å². The number of carbonyl (C=O) groups is 2. The number of anilines is 1. The van der Waals surface area contributed by atoms with Crippen molar-refractivity contribution in [2.45, 2.75) is 36.4 Å². The third-order valence-corrected chi connectivity index (χ3v) is 9.54. The second kappa shape index (κ2) is 13.1. The average molecular weight is 626 g/mol. The standard InChI is InChI=1S/C30H28FN3O5S3/c1-17(2)12-13-39-21-11-10-18(15-22(21)38-3)25-24(26(35)23-9-6-14-40-23)27(36)28(37)34(25)29-32-33-30(42-29)41-16-19-7-4-5-8-20(19)31/h4-11,14-15,17,25,36H,12-13,16H2,1-3H3. The Kier molecular flexibility index (Phi) is 9.24. The summed E-state index contributed by atoms with van der Waals surface area (Å²) in [6, 6.07) is 14.0. The molecule has 5 rings (SSSR count).